The van der Waals surface area contributed by atoms with Gasteiger partial charge >= 0.3 is 205 Å². The van der Waals surface area contributed by atoms with Crippen molar-refractivity contribution in [3.63, 3.8) is 0 Å². The molecule has 0 aliphatic heterocycles. The predicted molar refractivity (Wildman–Crippen MR) is 245 cm³/mol. The van der Waals surface area contributed by atoms with Crippen molar-refractivity contribution in [2.75, 3.05) is 0 Å². The van der Waals surface area contributed by atoms with Crippen molar-refractivity contribution >= 4 is 205 Å². The molecule has 0 saturated carbocycles. The molecule has 0 aromatic rings. The maximum atomic E-state index is 9.90. The second-order valence-corrected chi connectivity index (χ2v) is 17.3. The molecule has 70 heavy (non-hydrogen) atoms. The number of unbranched alkanes of at least 4 members (excludes halogenated alkanes) is 1. The molecule has 0 aromatic carbocycles. The third-order valence-electron chi connectivity index (χ3n) is 1.88. The maximum absolute atomic E-state index is 9.90. The molecule has 58 N–H and O–H groups in total. The number of carboxylic acid groups (broad SMARTS) is 6. The SMILES string of the molecule is N.N.N.N.N.N.N.N.N.N.N.N.O=C(O)CCCCC(=O)O.O=C(O)O.O=C(O)O.O=P(O)(O)OP(=O)(O)O.O=P(O)(O)OP(=O)(O)O.O=P(O)(O)OP(=O)(O)O.O=P(O)(O)OP(=O)(O)O.[NaH].[NaH].[NaH].[NaH]. The van der Waals surface area contributed by atoms with Gasteiger partial charge in [-0.25, -0.2) is 46.1 Å². The van der Waals surface area contributed by atoms with E-state index in [0.717, 1.165) is 0 Å². The van der Waals surface area contributed by atoms with Gasteiger partial charge in [0.15, 0.2) is 0 Å². The molecule has 0 spiro atoms. The Labute approximate surface area is 482 Å². The van der Waals surface area contributed by atoms with E-state index < -0.39 is 86.8 Å². The summed E-state index contributed by atoms with van der Waals surface area (Å²) in [5.41, 5.74) is 0. The summed E-state index contributed by atoms with van der Waals surface area (Å²) in [4.78, 5) is 161. The summed E-state index contributed by atoms with van der Waals surface area (Å²) in [6.07, 6.45) is -2.65. The second kappa shape index (κ2) is 71.0. The molecule has 0 bridgehead atoms. The van der Waals surface area contributed by atoms with Gasteiger partial charge in [0.2, 0.25) is 0 Å². The zero-order valence-electron chi connectivity index (χ0n) is 33.3. The number of carboxylic acids is 2. The average Bonchev–Trinajstić information content (AvgIpc) is 2.66. The minimum atomic E-state index is -5.05. The normalized spacial score (nSPS) is 9.09. The van der Waals surface area contributed by atoms with Gasteiger partial charge in [-0.2, -0.15) is 17.2 Å². The summed E-state index contributed by atoms with van der Waals surface area (Å²) in [5, 5.41) is 44.2. The first-order valence-electron chi connectivity index (χ1n) is 10.5. The average molecular weight is 1280 g/mol. The summed E-state index contributed by atoms with van der Waals surface area (Å²) in [6.45, 7) is 0. The Bertz CT molecular complexity index is 1260. The van der Waals surface area contributed by atoms with Crippen LogP contribution in [-0.2, 0) is 63.4 Å². The van der Waals surface area contributed by atoms with Crippen LogP contribution in [0.3, 0.4) is 0 Å². The summed E-state index contributed by atoms with van der Waals surface area (Å²) >= 11 is 0. The van der Waals surface area contributed by atoms with E-state index in [4.69, 9.17) is 119 Å². The molecule has 0 fully saturated rings. The van der Waals surface area contributed by atoms with Crippen LogP contribution in [-0.4, -0.2) is 251 Å². The van der Waals surface area contributed by atoms with Gasteiger partial charge in [0, 0.05) is 12.8 Å². The Balaban J connectivity index is -0.0000000171. The van der Waals surface area contributed by atoms with Gasteiger partial charge in [0.1, 0.15) is 0 Å². The summed E-state index contributed by atoms with van der Waals surface area (Å²) < 4.78 is 88.8. The predicted octanol–water partition coefficient (Wildman–Crippen LogP) is -2.74. The molecule has 0 radical (unpaired) electrons. The third-order valence-corrected chi connectivity index (χ3v) is 8.69. The van der Waals surface area contributed by atoms with Gasteiger partial charge < -0.3 is 183 Å². The third kappa shape index (κ3) is 306. The van der Waals surface area contributed by atoms with Crippen molar-refractivity contribution in [1.82, 2.24) is 73.8 Å². The Kier molecular flexibility index (Phi) is 153. The first-order chi connectivity index (χ1) is 22.9. The van der Waals surface area contributed by atoms with E-state index in [1.807, 2.05) is 0 Å². The Morgan fingerprint density at radius 3 is 0.357 bits per heavy atom. The number of rotatable bonds is 13. The van der Waals surface area contributed by atoms with Crippen molar-refractivity contribution in [1.29, 1.82) is 0 Å². The Hall–Kier alpha value is 2.04. The standard InChI is InChI=1S/C6H10O4.2CH2O3.12H3N.4Na.4H4O7P2.4H/c7-5(8)3-1-2-4-6(9)10;2*2-1(3)4;;;;;;;;;;;;;;;;;4*1-8(2,3)7-9(4,5)6;;;;/h1-4H2,(H,7,8)(H,9,10);2*(H2,2,3,4);12*1H3;;;;;4*(H2,1,2,3)(H2,4,5,6);;;;. The first-order valence-corrected chi connectivity index (χ1v) is 22.7. The van der Waals surface area contributed by atoms with Gasteiger partial charge in [-0.05, 0) is 12.8 Å². The molecule has 0 rings (SSSR count). The van der Waals surface area contributed by atoms with Crippen LogP contribution in [0.4, 0.5) is 9.59 Å². The van der Waals surface area contributed by atoms with Crippen LogP contribution in [0, 0.1) is 0 Å². The fraction of sp³-hybridized carbons (Fsp3) is 0.500. The molecule has 434 valence electrons. The number of carbonyl (C=O) groups is 4. The van der Waals surface area contributed by atoms with Gasteiger partial charge in [-0.1, -0.05) is 0 Å². The molecule has 0 heterocycles. The van der Waals surface area contributed by atoms with Crippen molar-refractivity contribution in [3.05, 3.63) is 0 Å². The van der Waals surface area contributed by atoms with Crippen molar-refractivity contribution in [2.45, 2.75) is 25.7 Å². The molecule has 0 saturated heterocycles. The fourth-order valence-corrected chi connectivity index (χ4v) is 5.54. The molecule has 0 amide bonds. The Morgan fingerprint density at radius 2 is 0.329 bits per heavy atom. The molecule has 0 aliphatic rings. The first kappa shape index (κ1) is 151. The van der Waals surface area contributed by atoms with E-state index in [2.05, 4.69) is 17.2 Å². The topological polar surface area (TPSA) is 1110 Å². The van der Waals surface area contributed by atoms with Crippen LogP contribution in [0.2, 0.25) is 0 Å². The molecule has 62 heteroatoms. The van der Waals surface area contributed by atoms with Crippen molar-refractivity contribution in [3.8, 4) is 0 Å². The van der Waals surface area contributed by atoms with E-state index in [1.54, 1.807) is 0 Å². The van der Waals surface area contributed by atoms with Crippen LogP contribution < -0.4 is 73.8 Å². The minimum absolute atomic E-state index is 0. The molecule has 0 unspecified atom stereocenters. The second-order valence-electron chi connectivity index (χ2n) is 6.81. The van der Waals surface area contributed by atoms with Gasteiger partial charge in [-0.15, -0.1) is 0 Å². The van der Waals surface area contributed by atoms with E-state index in [9.17, 15) is 46.1 Å². The molecule has 0 aliphatic carbocycles. The van der Waals surface area contributed by atoms with Gasteiger partial charge in [0.05, 0.1) is 0 Å². The van der Waals surface area contributed by atoms with Gasteiger partial charge in [0.25, 0.3) is 0 Å². The summed E-state index contributed by atoms with van der Waals surface area (Å²) in [5.74, 6) is -1.74. The molecule has 0 aromatic heterocycles. The Morgan fingerprint density at radius 1 is 0.257 bits per heavy atom. The van der Waals surface area contributed by atoms with Crippen molar-refractivity contribution in [2.24, 2.45) is 0 Å². The summed E-state index contributed by atoms with van der Waals surface area (Å²) in [6, 6.07) is 0. The number of hydrogen-bond acceptors (Lipinski definition) is 28. The number of phosphoric acid groups is 8. The van der Waals surface area contributed by atoms with E-state index >= 15 is 0 Å². The molecular weight excluding hydrogens is 1210 g/mol. The quantitative estimate of drug-likeness (QED) is 0.0505. The number of hydrogen-bond donors (Lipinski definition) is 34. The zero-order valence-corrected chi connectivity index (χ0v) is 40.4. The van der Waals surface area contributed by atoms with E-state index in [0.29, 0.717) is 12.8 Å². The zero-order chi connectivity index (χ0) is 46.0. The monoisotopic (exact) mass is 1280 g/mol. The summed E-state index contributed by atoms with van der Waals surface area (Å²) in [7, 11) is -40.4. The van der Waals surface area contributed by atoms with Crippen LogP contribution in [0.5, 0.6) is 0 Å². The molecule has 50 nitrogen and oxygen atoms in total. The van der Waals surface area contributed by atoms with Gasteiger partial charge in [-0.3, -0.25) is 9.59 Å². The fourth-order valence-electron chi connectivity index (χ4n) is 1.11. The van der Waals surface area contributed by atoms with E-state index in [-0.39, 0.29) is 205 Å². The van der Waals surface area contributed by atoms with Crippen molar-refractivity contribution < 1.29 is 182 Å². The van der Waals surface area contributed by atoms with Crippen LogP contribution in [0.1, 0.15) is 25.7 Å². The molecular formula is C8H70N12Na4O38P8. The van der Waals surface area contributed by atoms with Crippen LogP contribution in [0.25, 0.3) is 0 Å². The van der Waals surface area contributed by atoms with E-state index in [1.165, 1.54) is 0 Å². The van der Waals surface area contributed by atoms with Crippen LogP contribution >= 0.6 is 62.6 Å². The molecule has 0 atom stereocenters. The van der Waals surface area contributed by atoms with Crippen LogP contribution in [0.15, 0.2) is 0 Å². The number of aliphatic carboxylic acids is 2.